The number of pyridine rings is 1. The van der Waals surface area contributed by atoms with E-state index in [4.69, 9.17) is 4.42 Å². The number of rotatable bonds is 6. The van der Waals surface area contributed by atoms with Gasteiger partial charge in [0.05, 0.1) is 18.4 Å². The molecule has 9 heteroatoms. The van der Waals surface area contributed by atoms with Crippen molar-refractivity contribution in [2.24, 2.45) is 0 Å². The van der Waals surface area contributed by atoms with Crippen LogP contribution in [0.25, 0.3) is 11.4 Å². The Balaban J connectivity index is 1.65. The van der Waals surface area contributed by atoms with Crippen molar-refractivity contribution in [2.75, 3.05) is 0 Å². The molecule has 0 atom stereocenters. The predicted octanol–water partition coefficient (Wildman–Crippen LogP) is 5.29. The van der Waals surface area contributed by atoms with Gasteiger partial charge in [-0.05, 0) is 42.0 Å². The summed E-state index contributed by atoms with van der Waals surface area (Å²) in [6.07, 6.45) is 0.626. The molecule has 0 aliphatic carbocycles. The molecule has 0 radical (unpaired) electrons. The lowest BCUT2D eigenvalue weighted by atomic mass is 10.1. The number of nitrogens with zero attached hydrogens (tertiary/aromatic N) is 4. The molecule has 29 heavy (non-hydrogen) atoms. The highest BCUT2D eigenvalue weighted by Gasteiger charge is 2.30. The van der Waals surface area contributed by atoms with Crippen LogP contribution in [0.4, 0.5) is 13.2 Å². The van der Waals surface area contributed by atoms with Crippen molar-refractivity contribution in [1.82, 2.24) is 19.7 Å². The van der Waals surface area contributed by atoms with E-state index in [0.29, 0.717) is 34.6 Å². The Labute approximate surface area is 168 Å². The van der Waals surface area contributed by atoms with Gasteiger partial charge >= 0.3 is 6.18 Å². The van der Waals surface area contributed by atoms with Gasteiger partial charge in [-0.15, -0.1) is 10.2 Å². The fourth-order valence-electron chi connectivity index (χ4n) is 2.75. The van der Waals surface area contributed by atoms with E-state index in [1.54, 1.807) is 24.7 Å². The van der Waals surface area contributed by atoms with Gasteiger partial charge in [0, 0.05) is 23.7 Å². The van der Waals surface area contributed by atoms with Crippen molar-refractivity contribution in [2.45, 2.75) is 23.6 Å². The standard InChI is InChI=1S/C20H15F3N4OS/c21-20(22,23)16-5-3-15(4-6-16)18-25-26-19(27(18)12-17-2-1-11-28-17)29-13-14-7-9-24-10-8-14/h1-11H,12-13H2. The van der Waals surface area contributed by atoms with Gasteiger partial charge in [-0.3, -0.25) is 9.55 Å². The second-order valence-corrected chi connectivity index (χ2v) is 7.13. The highest BCUT2D eigenvalue weighted by atomic mass is 32.2. The van der Waals surface area contributed by atoms with Crippen LogP contribution in [0.3, 0.4) is 0 Å². The Hall–Kier alpha value is -3.07. The molecule has 0 aliphatic rings. The van der Waals surface area contributed by atoms with Crippen molar-refractivity contribution in [1.29, 1.82) is 0 Å². The molecule has 0 N–H and O–H groups in total. The fraction of sp³-hybridized carbons (Fsp3) is 0.150. The second-order valence-electron chi connectivity index (χ2n) is 6.19. The monoisotopic (exact) mass is 416 g/mol. The molecule has 0 unspecified atom stereocenters. The zero-order valence-corrected chi connectivity index (χ0v) is 15.8. The van der Waals surface area contributed by atoms with Crippen LogP contribution in [0.2, 0.25) is 0 Å². The molecule has 0 saturated heterocycles. The van der Waals surface area contributed by atoms with Gasteiger partial charge in [0.1, 0.15) is 5.76 Å². The normalized spacial score (nSPS) is 11.7. The van der Waals surface area contributed by atoms with Gasteiger partial charge in [-0.1, -0.05) is 23.9 Å². The first-order valence-electron chi connectivity index (χ1n) is 8.65. The largest absolute Gasteiger partial charge is 0.467 e. The first kappa shape index (κ1) is 19.3. The molecule has 3 heterocycles. The summed E-state index contributed by atoms with van der Waals surface area (Å²) in [6, 6.07) is 12.3. The summed E-state index contributed by atoms with van der Waals surface area (Å²) in [7, 11) is 0. The van der Waals surface area contributed by atoms with Crippen molar-refractivity contribution >= 4 is 11.8 Å². The molecule has 5 nitrogen and oxygen atoms in total. The zero-order valence-electron chi connectivity index (χ0n) is 15.0. The van der Waals surface area contributed by atoms with Crippen molar-refractivity contribution < 1.29 is 17.6 Å². The lowest BCUT2D eigenvalue weighted by molar-refractivity contribution is -0.137. The van der Waals surface area contributed by atoms with Gasteiger partial charge in [0.25, 0.3) is 0 Å². The average molecular weight is 416 g/mol. The maximum atomic E-state index is 12.9. The molecule has 148 valence electrons. The van der Waals surface area contributed by atoms with Crippen LogP contribution >= 0.6 is 11.8 Å². The van der Waals surface area contributed by atoms with E-state index in [2.05, 4.69) is 15.2 Å². The summed E-state index contributed by atoms with van der Waals surface area (Å²) >= 11 is 1.48. The molecule has 0 aliphatic heterocycles. The van der Waals surface area contributed by atoms with E-state index in [1.807, 2.05) is 22.8 Å². The molecular formula is C20H15F3N4OS. The van der Waals surface area contributed by atoms with Crippen LogP contribution < -0.4 is 0 Å². The Morgan fingerprint density at radius 2 is 1.72 bits per heavy atom. The number of aromatic nitrogens is 4. The van der Waals surface area contributed by atoms with E-state index < -0.39 is 11.7 Å². The topological polar surface area (TPSA) is 56.7 Å². The minimum absolute atomic E-state index is 0.370. The lowest BCUT2D eigenvalue weighted by Gasteiger charge is -2.10. The first-order chi connectivity index (χ1) is 14.0. The third-order valence-electron chi connectivity index (χ3n) is 4.20. The van der Waals surface area contributed by atoms with Crippen molar-refractivity contribution in [3.63, 3.8) is 0 Å². The van der Waals surface area contributed by atoms with E-state index in [0.717, 1.165) is 17.7 Å². The summed E-state index contributed by atoms with van der Waals surface area (Å²) < 4.78 is 45.9. The molecule has 0 amide bonds. The molecule has 4 aromatic rings. The van der Waals surface area contributed by atoms with Gasteiger partial charge in [0.15, 0.2) is 11.0 Å². The molecule has 0 saturated carbocycles. The molecule has 0 fully saturated rings. The molecule has 0 bridgehead atoms. The van der Waals surface area contributed by atoms with Gasteiger partial charge < -0.3 is 4.42 Å². The fourth-order valence-corrected chi connectivity index (χ4v) is 3.64. The van der Waals surface area contributed by atoms with Gasteiger partial charge in [-0.2, -0.15) is 13.2 Å². The van der Waals surface area contributed by atoms with Crippen LogP contribution in [0.1, 0.15) is 16.9 Å². The number of thioether (sulfide) groups is 1. The third kappa shape index (κ3) is 4.51. The highest BCUT2D eigenvalue weighted by Crippen LogP contribution is 2.32. The quantitative estimate of drug-likeness (QED) is 0.400. The smallest absolute Gasteiger partial charge is 0.416 e. The van der Waals surface area contributed by atoms with Crippen LogP contribution in [0.5, 0.6) is 0 Å². The molecule has 3 aromatic heterocycles. The molecule has 1 aromatic carbocycles. The number of benzene rings is 1. The first-order valence-corrected chi connectivity index (χ1v) is 9.64. The SMILES string of the molecule is FC(F)(F)c1ccc(-c2nnc(SCc3ccncc3)n2Cc2ccco2)cc1. The van der Waals surface area contributed by atoms with Crippen LogP contribution in [0, 0.1) is 0 Å². The van der Waals surface area contributed by atoms with Crippen LogP contribution in [-0.2, 0) is 18.5 Å². The number of furan rings is 1. The van der Waals surface area contributed by atoms with E-state index in [-0.39, 0.29) is 0 Å². The van der Waals surface area contributed by atoms with E-state index in [9.17, 15) is 13.2 Å². The number of alkyl halides is 3. The third-order valence-corrected chi connectivity index (χ3v) is 5.24. The summed E-state index contributed by atoms with van der Waals surface area (Å²) in [5.74, 6) is 1.84. The average Bonchev–Trinajstić information content (AvgIpc) is 3.37. The maximum Gasteiger partial charge on any atom is 0.416 e. The van der Waals surface area contributed by atoms with Gasteiger partial charge in [0.2, 0.25) is 0 Å². The molecule has 4 rings (SSSR count). The molecular weight excluding hydrogens is 401 g/mol. The molecule has 0 spiro atoms. The Morgan fingerprint density at radius 3 is 2.38 bits per heavy atom. The number of hydrogen-bond acceptors (Lipinski definition) is 5. The lowest BCUT2D eigenvalue weighted by Crippen LogP contribution is -2.06. The second kappa shape index (κ2) is 8.12. The zero-order chi connectivity index (χ0) is 20.3. The van der Waals surface area contributed by atoms with Crippen molar-refractivity contribution in [3.05, 3.63) is 84.1 Å². The predicted molar refractivity (Wildman–Crippen MR) is 102 cm³/mol. The van der Waals surface area contributed by atoms with E-state index >= 15 is 0 Å². The maximum absolute atomic E-state index is 12.9. The minimum Gasteiger partial charge on any atom is -0.467 e. The minimum atomic E-state index is -4.38. The highest BCUT2D eigenvalue weighted by molar-refractivity contribution is 7.98. The van der Waals surface area contributed by atoms with E-state index in [1.165, 1.54) is 23.9 Å². The Kier molecular flexibility index (Phi) is 5.39. The summed E-state index contributed by atoms with van der Waals surface area (Å²) in [6.45, 7) is 0.370. The number of halogens is 3. The van der Waals surface area contributed by atoms with Crippen molar-refractivity contribution in [3.8, 4) is 11.4 Å². The summed E-state index contributed by atoms with van der Waals surface area (Å²) in [5, 5.41) is 9.13. The van der Waals surface area contributed by atoms with Gasteiger partial charge in [-0.25, -0.2) is 0 Å². The summed E-state index contributed by atoms with van der Waals surface area (Å²) in [5.41, 5.74) is 0.923. The summed E-state index contributed by atoms with van der Waals surface area (Å²) in [4.78, 5) is 4.00. The Morgan fingerprint density at radius 1 is 0.966 bits per heavy atom. The Bertz CT molecular complexity index is 1060. The van der Waals surface area contributed by atoms with Crippen LogP contribution in [0.15, 0.2) is 76.8 Å². The van der Waals surface area contributed by atoms with Crippen LogP contribution in [-0.4, -0.2) is 19.7 Å². The number of hydrogen-bond donors (Lipinski definition) is 0.